The van der Waals surface area contributed by atoms with Gasteiger partial charge in [-0.15, -0.1) is 0 Å². The lowest BCUT2D eigenvalue weighted by Crippen LogP contribution is -2.40. The van der Waals surface area contributed by atoms with Gasteiger partial charge >= 0.3 is 17.9 Å². The van der Waals surface area contributed by atoms with E-state index >= 15 is 0 Å². The smallest absolute Gasteiger partial charge is 0.361 e. The molecule has 0 amide bonds. The van der Waals surface area contributed by atoms with Gasteiger partial charge in [0.2, 0.25) is 0 Å². The molecule has 9 heteroatoms. The van der Waals surface area contributed by atoms with Crippen LogP contribution in [0.5, 0.6) is 0 Å². The van der Waals surface area contributed by atoms with Crippen LogP contribution in [-0.4, -0.2) is 87.4 Å². The Morgan fingerprint density at radius 2 is 0.469 bits per heavy atom. The highest BCUT2D eigenvalue weighted by Gasteiger charge is 2.25. The molecule has 0 heterocycles. The molecule has 9 nitrogen and oxygen atoms in total. The monoisotopic (exact) mass is 1360 g/mol. The maximum atomic E-state index is 13.0. The number of quaternary nitrogens is 1. The molecule has 0 aromatic carbocycles. The van der Waals surface area contributed by atoms with Gasteiger partial charge in [-0.3, -0.25) is 9.59 Å². The van der Waals surface area contributed by atoms with Crippen LogP contribution in [0.1, 0.15) is 483 Å². The second-order valence-electron chi connectivity index (χ2n) is 31.6. The maximum Gasteiger partial charge on any atom is 0.361 e. The van der Waals surface area contributed by atoms with Gasteiger partial charge in [-0.1, -0.05) is 457 Å². The summed E-state index contributed by atoms with van der Waals surface area (Å²) in [5.74, 6) is -1.96. The first-order chi connectivity index (χ1) is 47.1. The SMILES string of the molecule is CCCCCCCCCCCCCCCCCCCCCCCCCCCCCCCCCCCCCCCCCCCC(=O)OC(COC(=O)CCCCCCCCCCCCCCCCCCCCCCCCCCCCCCCC)COC(OCC[N+](C)(C)C)C(=O)O. The fourth-order valence-corrected chi connectivity index (χ4v) is 14.0. The van der Waals surface area contributed by atoms with Crippen LogP contribution in [0.3, 0.4) is 0 Å². The molecule has 0 spiro atoms. The summed E-state index contributed by atoms with van der Waals surface area (Å²) < 4.78 is 23.1. The summed E-state index contributed by atoms with van der Waals surface area (Å²) in [4.78, 5) is 37.8. The second-order valence-corrected chi connectivity index (χ2v) is 31.6. The number of carbonyl (C=O) groups is 3. The van der Waals surface area contributed by atoms with E-state index in [0.29, 0.717) is 17.4 Å². The van der Waals surface area contributed by atoms with E-state index in [1.54, 1.807) is 0 Å². The standard InChI is InChI=1S/C87H171NO8/c1-6-8-10-12-14-16-18-20-22-24-26-28-30-32-34-36-38-39-40-41-42-43-44-45-46-47-48-50-52-54-56-58-60-62-64-66-68-70-72-74-76-78-85(90)96-83(82-95-87(86(91)92)93-80-79-88(3,4)5)81-94-84(89)77-75-73-71-69-67-65-63-61-59-57-55-53-51-49-37-35-33-31-29-27-25-23-21-19-17-15-13-11-9-7-2/h83,87H,6-82H2,1-5H3/p+1. The molecule has 0 aromatic heterocycles. The molecule has 1 N–H and O–H groups in total. The number of carboxylic acids is 1. The van der Waals surface area contributed by atoms with Gasteiger partial charge in [-0.25, -0.2) is 4.79 Å². The number of hydrogen-bond acceptors (Lipinski definition) is 7. The predicted molar refractivity (Wildman–Crippen MR) is 415 cm³/mol. The van der Waals surface area contributed by atoms with E-state index in [-0.39, 0.29) is 38.2 Å². The lowest BCUT2D eigenvalue weighted by molar-refractivity contribution is -0.870. The predicted octanol–water partition coefficient (Wildman–Crippen LogP) is 28.1. The third-order valence-corrected chi connectivity index (χ3v) is 20.6. The summed E-state index contributed by atoms with van der Waals surface area (Å²) in [6.07, 6.45) is 96.0. The van der Waals surface area contributed by atoms with E-state index in [4.69, 9.17) is 18.9 Å². The van der Waals surface area contributed by atoms with Gasteiger partial charge in [0.05, 0.1) is 34.4 Å². The number of unbranched alkanes of at least 4 members (excludes halogenated alkanes) is 69. The Morgan fingerprint density at radius 3 is 0.667 bits per heavy atom. The molecule has 572 valence electrons. The van der Waals surface area contributed by atoms with E-state index < -0.39 is 18.4 Å². The molecular formula is C87H172NO8+. The summed E-state index contributed by atoms with van der Waals surface area (Å²) in [7, 11) is 6.01. The number of nitrogens with zero attached hydrogens (tertiary/aromatic N) is 1. The number of aliphatic carboxylic acids is 1. The number of rotatable bonds is 84. The first-order valence-electron chi connectivity index (χ1n) is 43.7. The van der Waals surface area contributed by atoms with Crippen LogP contribution in [-0.2, 0) is 33.3 Å². The number of carboxylic acid groups (broad SMARTS) is 1. The van der Waals surface area contributed by atoms with Crippen molar-refractivity contribution in [1.29, 1.82) is 0 Å². The molecule has 0 fully saturated rings. The third-order valence-electron chi connectivity index (χ3n) is 20.6. The van der Waals surface area contributed by atoms with Gasteiger partial charge in [-0.05, 0) is 12.8 Å². The van der Waals surface area contributed by atoms with Crippen LogP contribution in [0.25, 0.3) is 0 Å². The number of hydrogen-bond donors (Lipinski definition) is 1. The Balaban J connectivity index is 3.88. The quantitative estimate of drug-likeness (QED) is 0.0278. The molecule has 0 aromatic rings. The normalized spacial score (nSPS) is 12.5. The molecule has 2 unspecified atom stereocenters. The van der Waals surface area contributed by atoms with Crippen molar-refractivity contribution in [1.82, 2.24) is 0 Å². The van der Waals surface area contributed by atoms with E-state index in [2.05, 4.69) is 13.8 Å². The minimum atomic E-state index is -1.51. The van der Waals surface area contributed by atoms with Gasteiger partial charge in [0.1, 0.15) is 13.2 Å². The summed E-state index contributed by atoms with van der Waals surface area (Å²) >= 11 is 0. The highest BCUT2D eigenvalue weighted by molar-refractivity contribution is 5.71. The molecule has 0 saturated heterocycles. The third kappa shape index (κ3) is 79.6. The Labute approximate surface area is 600 Å². The first-order valence-corrected chi connectivity index (χ1v) is 43.7. The van der Waals surface area contributed by atoms with Crippen molar-refractivity contribution < 1.29 is 42.9 Å². The Morgan fingerprint density at radius 1 is 0.271 bits per heavy atom. The molecule has 0 radical (unpaired) electrons. The van der Waals surface area contributed by atoms with Gasteiger partial charge < -0.3 is 28.5 Å². The zero-order valence-electron chi connectivity index (χ0n) is 65.9. The summed E-state index contributed by atoms with van der Waals surface area (Å²) in [6.45, 7) is 4.99. The van der Waals surface area contributed by atoms with Crippen molar-refractivity contribution in [2.75, 3.05) is 47.5 Å². The Hall–Kier alpha value is -1.71. The molecule has 96 heavy (non-hydrogen) atoms. The van der Waals surface area contributed by atoms with Crippen molar-refractivity contribution in [3.63, 3.8) is 0 Å². The van der Waals surface area contributed by atoms with E-state index in [1.807, 2.05) is 21.1 Å². The minimum Gasteiger partial charge on any atom is -0.477 e. The average Bonchev–Trinajstić information content (AvgIpc) is 2.59. The first kappa shape index (κ1) is 94.3. The van der Waals surface area contributed by atoms with Crippen LogP contribution in [0.2, 0.25) is 0 Å². The highest BCUT2D eigenvalue weighted by Crippen LogP contribution is 2.22. The fraction of sp³-hybridized carbons (Fsp3) is 0.966. The number of likely N-dealkylation sites (N-methyl/N-ethyl adjacent to an activating group) is 1. The molecule has 0 bridgehead atoms. The molecule has 0 aliphatic rings. The van der Waals surface area contributed by atoms with Crippen molar-refractivity contribution in [2.24, 2.45) is 0 Å². The van der Waals surface area contributed by atoms with Crippen molar-refractivity contribution in [3.05, 3.63) is 0 Å². The van der Waals surface area contributed by atoms with Crippen molar-refractivity contribution >= 4 is 17.9 Å². The lowest BCUT2D eigenvalue weighted by Gasteiger charge is -2.25. The van der Waals surface area contributed by atoms with Crippen molar-refractivity contribution in [3.8, 4) is 0 Å². The minimum absolute atomic E-state index is 0.171. The summed E-state index contributed by atoms with van der Waals surface area (Å²) in [6, 6.07) is 0. The van der Waals surface area contributed by atoms with Crippen LogP contribution < -0.4 is 0 Å². The average molecular weight is 1360 g/mol. The van der Waals surface area contributed by atoms with Gasteiger partial charge in [-0.2, -0.15) is 0 Å². The maximum absolute atomic E-state index is 13.0. The van der Waals surface area contributed by atoms with Crippen LogP contribution >= 0.6 is 0 Å². The van der Waals surface area contributed by atoms with E-state index in [9.17, 15) is 19.5 Å². The van der Waals surface area contributed by atoms with Gasteiger partial charge in [0, 0.05) is 12.8 Å². The van der Waals surface area contributed by atoms with Crippen LogP contribution in [0.4, 0.5) is 0 Å². The van der Waals surface area contributed by atoms with Gasteiger partial charge in [0.25, 0.3) is 6.29 Å². The molecule has 2 atom stereocenters. The zero-order valence-corrected chi connectivity index (χ0v) is 65.9. The number of ether oxygens (including phenoxy) is 4. The largest absolute Gasteiger partial charge is 0.477 e. The number of carbonyl (C=O) groups excluding carboxylic acids is 2. The summed E-state index contributed by atoms with van der Waals surface area (Å²) in [5, 5.41) is 9.78. The zero-order chi connectivity index (χ0) is 69.7. The highest BCUT2D eigenvalue weighted by atomic mass is 16.7. The Bertz CT molecular complexity index is 1530. The molecule has 0 aliphatic heterocycles. The molecule has 0 saturated carbocycles. The molecular weight excluding hydrogens is 1190 g/mol. The van der Waals surface area contributed by atoms with E-state index in [1.165, 1.54) is 417 Å². The number of esters is 2. The topological polar surface area (TPSA) is 108 Å². The molecule has 0 aliphatic carbocycles. The van der Waals surface area contributed by atoms with Crippen molar-refractivity contribution in [2.45, 2.75) is 495 Å². The van der Waals surface area contributed by atoms with Crippen LogP contribution in [0.15, 0.2) is 0 Å². The molecule has 0 rings (SSSR count). The second kappa shape index (κ2) is 79.0. The fourth-order valence-electron chi connectivity index (χ4n) is 14.0. The van der Waals surface area contributed by atoms with Gasteiger partial charge in [0.15, 0.2) is 6.10 Å². The van der Waals surface area contributed by atoms with Crippen LogP contribution in [0, 0.1) is 0 Å². The van der Waals surface area contributed by atoms with E-state index in [0.717, 1.165) is 38.5 Å². The lowest BCUT2D eigenvalue weighted by atomic mass is 10.0. The Kier molecular flexibility index (Phi) is 77.6. The summed E-state index contributed by atoms with van der Waals surface area (Å²) in [5.41, 5.74) is 0.